The largest absolute Gasteiger partial charge is 0.451 e. The third-order valence-electron chi connectivity index (χ3n) is 7.23. The number of carbonyl (C=O) groups excluding carboxylic acids is 2. The Morgan fingerprint density at radius 2 is 1.19 bits per heavy atom. The Balaban J connectivity index is 1.02. The molecule has 0 saturated heterocycles. The number of carbonyl (C=O) groups is 2. The molecule has 12 nitrogen and oxygen atoms in total. The lowest BCUT2D eigenvalue weighted by atomic mass is 9.82. The minimum Gasteiger partial charge on any atom is -0.336 e. The van der Waals surface area contributed by atoms with Gasteiger partial charge in [0, 0.05) is 23.9 Å². The Morgan fingerprint density at radius 1 is 0.721 bits per heavy atom. The van der Waals surface area contributed by atoms with Crippen LogP contribution in [0.3, 0.4) is 0 Å². The van der Waals surface area contributed by atoms with Crippen molar-refractivity contribution in [1.29, 1.82) is 0 Å². The lowest BCUT2D eigenvalue weighted by Crippen LogP contribution is -2.43. The van der Waals surface area contributed by atoms with Gasteiger partial charge in [-0.25, -0.2) is 29.5 Å². The number of anilines is 2. The summed E-state index contributed by atoms with van der Waals surface area (Å²) in [6.45, 7) is 2.70. The third kappa shape index (κ3) is 7.67. The standard InChI is InChI=1S/C28H31F3N10O2/c1-16-34-21-8-4-2-6-19(21)23(35-16)38-40-26(42)32-14-17-10-12-18(13-11-17)15-33-27(43)41-39-24-20-7-3-5-9-22(20)36-25(37-24)28(29,30)31/h2-9,17-18H,10-15H2,1H3,(H2,32,40,42)(H2,33,41,43)(H,34,35,38)(H,36,37,39). The molecular formula is C28H31F3N10O2. The van der Waals surface area contributed by atoms with Gasteiger partial charge in [-0.3, -0.25) is 21.7 Å². The van der Waals surface area contributed by atoms with Crippen LogP contribution in [0.2, 0.25) is 0 Å². The van der Waals surface area contributed by atoms with Gasteiger partial charge in [-0.1, -0.05) is 24.3 Å². The Morgan fingerprint density at radius 3 is 1.70 bits per heavy atom. The maximum atomic E-state index is 13.2. The van der Waals surface area contributed by atoms with E-state index >= 15 is 0 Å². The zero-order chi connectivity index (χ0) is 30.4. The first-order valence-electron chi connectivity index (χ1n) is 13.8. The van der Waals surface area contributed by atoms with Crippen molar-refractivity contribution in [1.82, 2.24) is 41.4 Å². The van der Waals surface area contributed by atoms with Gasteiger partial charge in [0.15, 0.2) is 11.6 Å². The normalized spacial score (nSPS) is 16.8. The van der Waals surface area contributed by atoms with E-state index < -0.39 is 18.0 Å². The number of benzene rings is 2. The Labute approximate surface area is 244 Å². The summed E-state index contributed by atoms with van der Waals surface area (Å²) >= 11 is 0. The van der Waals surface area contributed by atoms with E-state index in [-0.39, 0.29) is 23.3 Å². The molecule has 0 spiro atoms. The number of urea groups is 2. The molecule has 0 unspecified atom stereocenters. The van der Waals surface area contributed by atoms with Crippen LogP contribution in [-0.4, -0.2) is 45.1 Å². The molecule has 1 aliphatic carbocycles. The summed E-state index contributed by atoms with van der Waals surface area (Å²) in [6.07, 6.45) is -1.26. The van der Waals surface area contributed by atoms with Crippen molar-refractivity contribution in [3.63, 3.8) is 0 Å². The lowest BCUT2D eigenvalue weighted by molar-refractivity contribution is -0.144. The molecule has 1 fully saturated rings. The lowest BCUT2D eigenvalue weighted by Gasteiger charge is -2.28. The van der Waals surface area contributed by atoms with Crippen LogP contribution >= 0.6 is 0 Å². The molecule has 1 saturated carbocycles. The molecule has 1 aliphatic rings. The zero-order valence-electron chi connectivity index (χ0n) is 23.3. The molecule has 0 aliphatic heterocycles. The number of hydrogen-bond acceptors (Lipinski definition) is 8. The highest BCUT2D eigenvalue weighted by atomic mass is 19.4. The van der Waals surface area contributed by atoms with Crippen LogP contribution in [0.4, 0.5) is 34.4 Å². The first-order chi connectivity index (χ1) is 20.7. The van der Waals surface area contributed by atoms with Crippen molar-refractivity contribution in [3.8, 4) is 0 Å². The molecular weight excluding hydrogens is 565 g/mol. The molecule has 0 atom stereocenters. The van der Waals surface area contributed by atoms with Crippen LogP contribution in [0.15, 0.2) is 48.5 Å². The van der Waals surface area contributed by atoms with Crippen molar-refractivity contribution in [3.05, 3.63) is 60.2 Å². The minimum absolute atomic E-state index is 0.101. The summed E-state index contributed by atoms with van der Waals surface area (Å²) in [4.78, 5) is 40.6. The monoisotopic (exact) mass is 596 g/mol. The van der Waals surface area contributed by atoms with Gasteiger partial charge in [-0.2, -0.15) is 13.2 Å². The number of rotatable bonds is 8. The average Bonchev–Trinajstić information content (AvgIpc) is 3.00. The number of hydrazine groups is 2. The molecule has 226 valence electrons. The number of alkyl halides is 3. The summed E-state index contributed by atoms with van der Waals surface area (Å²) in [5, 5.41) is 6.77. The maximum Gasteiger partial charge on any atom is 0.451 e. The highest BCUT2D eigenvalue weighted by Gasteiger charge is 2.35. The number of halogens is 3. The fourth-order valence-corrected chi connectivity index (χ4v) is 5.02. The summed E-state index contributed by atoms with van der Waals surface area (Å²) in [6, 6.07) is 12.8. The van der Waals surface area contributed by atoms with Crippen LogP contribution in [-0.2, 0) is 6.18 Å². The van der Waals surface area contributed by atoms with Crippen LogP contribution < -0.4 is 32.3 Å². The van der Waals surface area contributed by atoms with Crippen molar-refractivity contribution >= 4 is 45.5 Å². The van der Waals surface area contributed by atoms with Crippen molar-refractivity contribution < 1.29 is 22.8 Å². The van der Waals surface area contributed by atoms with E-state index in [2.05, 4.69) is 52.3 Å². The second-order valence-electron chi connectivity index (χ2n) is 10.4. The van der Waals surface area contributed by atoms with E-state index in [4.69, 9.17) is 0 Å². The molecule has 15 heteroatoms. The molecule has 0 radical (unpaired) electrons. The molecule has 4 aromatic rings. The number of fused-ring (bicyclic) bond motifs is 2. The number of aromatic nitrogens is 4. The second kappa shape index (κ2) is 12.9. The molecule has 5 rings (SSSR count). The number of para-hydroxylation sites is 2. The van der Waals surface area contributed by atoms with E-state index in [0.717, 1.165) is 36.6 Å². The predicted octanol–water partition coefficient (Wildman–Crippen LogP) is 4.66. The molecule has 0 bridgehead atoms. The van der Waals surface area contributed by atoms with Crippen LogP contribution in [0.5, 0.6) is 0 Å². The van der Waals surface area contributed by atoms with Gasteiger partial charge in [-0.15, -0.1) is 0 Å². The van der Waals surface area contributed by atoms with E-state index in [1.165, 1.54) is 6.07 Å². The molecule has 4 amide bonds. The van der Waals surface area contributed by atoms with Gasteiger partial charge in [0.05, 0.1) is 11.0 Å². The molecule has 6 N–H and O–H groups in total. The summed E-state index contributed by atoms with van der Waals surface area (Å²) < 4.78 is 39.6. The van der Waals surface area contributed by atoms with Gasteiger partial charge in [0.1, 0.15) is 5.82 Å². The van der Waals surface area contributed by atoms with E-state index in [0.29, 0.717) is 36.0 Å². The molecule has 2 heterocycles. The predicted molar refractivity (Wildman–Crippen MR) is 155 cm³/mol. The fourth-order valence-electron chi connectivity index (χ4n) is 5.02. The maximum absolute atomic E-state index is 13.2. The Kier molecular flexibility index (Phi) is 8.87. The van der Waals surface area contributed by atoms with Gasteiger partial charge in [-0.05, 0) is 68.7 Å². The van der Waals surface area contributed by atoms with E-state index in [1.54, 1.807) is 25.1 Å². The van der Waals surface area contributed by atoms with Crippen molar-refractivity contribution in [2.24, 2.45) is 11.8 Å². The van der Waals surface area contributed by atoms with Gasteiger partial charge in [0.25, 0.3) is 0 Å². The number of hydrogen-bond donors (Lipinski definition) is 6. The first kappa shape index (κ1) is 29.5. The minimum atomic E-state index is -4.73. The SMILES string of the molecule is Cc1nc(NNC(=O)NCC2CCC(CNC(=O)NNc3nc(C(F)(F)F)nc4ccccc34)CC2)c2ccccc2n1. The van der Waals surface area contributed by atoms with Crippen LogP contribution in [0.25, 0.3) is 21.8 Å². The smallest absolute Gasteiger partial charge is 0.336 e. The quantitative estimate of drug-likeness (QED) is 0.160. The number of aryl methyl sites for hydroxylation is 1. The third-order valence-corrected chi connectivity index (χ3v) is 7.23. The number of nitrogens with zero attached hydrogens (tertiary/aromatic N) is 4. The first-order valence-corrected chi connectivity index (χ1v) is 13.8. The summed E-state index contributed by atoms with van der Waals surface area (Å²) in [5.74, 6) is 0.187. The van der Waals surface area contributed by atoms with Crippen molar-refractivity contribution in [2.75, 3.05) is 23.9 Å². The Bertz CT molecular complexity index is 1610. The highest BCUT2D eigenvalue weighted by molar-refractivity contribution is 5.90. The van der Waals surface area contributed by atoms with Gasteiger partial charge in [0.2, 0.25) is 5.82 Å². The van der Waals surface area contributed by atoms with E-state index in [1.807, 2.05) is 24.3 Å². The average molecular weight is 597 g/mol. The second-order valence-corrected chi connectivity index (χ2v) is 10.4. The van der Waals surface area contributed by atoms with Crippen LogP contribution in [0.1, 0.15) is 37.3 Å². The summed E-state index contributed by atoms with van der Waals surface area (Å²) in [7, 11) is 0. The number of nitrogens with one attached hydrogen (secondary N) is 6. The summed E-state index contributed by atoms with van der Waals surface area (Å²) in [5.41, 5.74) is 11.2. The Hall–Kier alpha value is -4.95. The van der Waals surface area contributed by atoms with Crippen molar-refractivity contribution in [2.45, 2.75) is 38.8 Å². The molecule has 43 heavy (non-hydrogen) atoms. The van der Waals surface area contributed by atoms with Gasteiger partial charge >= 0.3 is 18.2 Å². The molecule has 2 aromatic carbocycles. The zero-order valence-corrected chi connectivity index (χ0v) is 23.3. The van der Waals surface area contributed by atoms with E-state index in [9.17, 15) is 22.8 Å². The molecule has 2 aromatic heterocycles. The highest BCUT2D eigenvalue weighted by Crippen LogP contribution is 2.30. The number of amides is 4. The van der Waals surface area contributed by atoms with Gasteiger partial charge < -0.3 is 10.6 Å². The topological polar surface area (TPSA) is 158 Å². The fraction of sp³-hybridized carbons (Fsp3) is 0.357. The van der Waals surface area contributed by atoms with Crippen LogP contribution in [0, 0.1) is 18.8 Å².